The molecule has 1 unspecified atom stereocenters. The highest BCUT2D eigenvalue weighted by molar-refractivity contribution is 7.18. The van der Waals surface area contributed by atoms with Gasteiger partial charge >= 0.3 is 5.97 Å². The Labute approximate surface area is 165 Å². The maximum atomic E-state index is 13.9. The summed E-state index contributed by atoms with van der Waals surface area (Å²) in [6.07, 6.45) is -1.73. The predicted molar refractivity (Wildman–Crippen MR) is 98.8 cm³/mol. The molecule has 0 saturated heterocycles. The van der Waals surface area contributed by atoms with Gasteiger partial charge in [-0.3, -0.25) is 14.5 Å². The molecule has 1 aliphatic rings. The van der Waals surface area contributed by atoms with E-state index in [4.69, 9.17) is 21.4 Å². The second-order valence-electron chi connectivity index (χ2n) is 6.08. The Morgan fingerprint density at radius 3 is 2.86 bits per heavy atom. The lowest BCUT2D eigenvalue weighted by Crippen LogP contribution is -2.46. The first-order chi connectivity index (χ1) is 13.3. The minimum absolute atomic E-state index is 0.00973. The van der Waals surface area contributed by atoms with Crippen LogP contribution in [0.2, 0.25) is 5.02 Å². The fourth-order valence-electron chi connectivity index (χ4n) is 2.95. The molecule has 2 aromatic carbocycles. The summed E-state index contributed by atoms with van der Waals surface area (Å²) in [6.45, 7) is -0.0634. The Morgan fingerprint density at radius 1 is 1.32 bits per heavy atom. The number of anilines is 1. The molecule has 1 aromatic heterocycles. The number of fused-ring (bicyclic) bond motifs is 2. The number of nitrogens with zero attached hydrogens (tertiary/aromatic N) is 2. The largest absolute Gasteiger partial charge is 0.481 e. The summed E-state index contributed by atoms with van der Waals surface area (Å²) in [5, 5.41) is 9.76. The van der Waals surface area contributed by atoms with Crippen molar-refractivity contribution in [2.45, 2.75) is 19.1 Å². The van der Waals surface area contributed by atoms with Crippen molar-refractivity contribution in [1.29, 1.82) is 0 Å². The second-order valence-corrected chi connectivity index (χ2v) is 7.63. The predicted octanol–water partition coefficient (Wildman–Crippen LogP) is 4.00. The third-order valence-corrected chi connectivity index (χ3v) is 5.36. The van der Waals surface area contributed by atoms with Gasteiger partial charge in [0.25, 0.3) is 5.91 Å². The van der Waals surface area contributed by atoms with Gasteiger partial charge in [0.05, 0.1) is 23.4 Å². The molecule has 4 rings (SSSR count). The van der Waals surface area contributed by atoms with Crippen LogP contribution >= 0.6 is 22.9 Å². The highest BCUT2D eigenvalue weighted by Gasteiger charge is 2.36. The SMILES string of the molecule is O=C(O)CC1Oc2ccc(Cl)cc2N(Cc2nc3c(F)cc(F)cc3s2)C1=O. The summed E-state index contributed by atoms with van der Waals surface area (Å²) in [6, 6.07) is 6.52. The number of carboxylic acids is 1. The van der Waals surface area contributed by atoms with Crippen LogP contribution < -0.4 is 9.64 Å². The summed E-state index contributed by atoms with van der Waals surface area (Å²) in [4.78, 5) is 29.3. The van der Waals surface area contributed by atoms with Crippen molar-refractivity contribution in [3.8, 4) is 5.75 Å². The molecular formula is C18H11ClF2N2O4S. The number of aliphatic carboxylic acids is 1. The van der Waals surface area contributed by atoms with Crippen molar-refractivity contribution in [3.63, 3.8) is 0 Å². The summed E-state index contributed by atoms with van der Waals surface area (Å²) in [5.74, 6) is -2.98. The molecule has 1 N–H and O–H groups in total. The molecule has 3 aromatic rings. The van der Waals surface area contributed by atoms with Crippen LogP contribution in [0.4, 0.5) is 14.5 Å². The molecule has 144 valence electrons. The van der Waals surface area contributed by atoms with Crippen LogP contribution in [0.1, 0.15) is 11.4 Å². The van der Waals surface area contributed by atoms with Gasteiger partial charge in [-0.05, 0) is 24.3 Å². The van der Waals surface area contributed by atoms with Gasteiger partial charge in [0, 0.05) is 11.1 Å². The van der Waals surface area contributed by atoms with Gasteiger partial charge in [0.2, 0.25) is 0 Å². The number of rotatable bonds is 4. The number of carbonyl (C=O) groups is 2. The lowest BCUT2D eigenvalue weighted by molar-refractivity contribution is -0.142. The first kappa shape index (κ1) is 18.6. The lowest BCUT2D eigenvalue weighted by atomic mass is 10.1. The topological polar surface area (TPSA) is 79.7 Å². The Hall–Kier alpha value is -2.78. The molecule has 10 heteroatoms. The monoisotopic (exact) mass is 424 g/mol. The highest BCUT2D eigenvalue weighted by atomic mass is 35.5. The van der Waals surface area contributed by atoms with Crippen LogP contribution in [-0.2, 0) is 16.1 Å². The Kier molecular flexibility index (Phi) is 4.64. The van der Waals surface area contributed by atoms with Crippen LogP contribution in [0, 0.1) is 11.6 Å². The number of thiazole rings is 1. The Bertz CT molecular complexity index is 1120. The van der Waals surface area contributed by atoms with E-state index < -0.39 is 36.0 Å². The summed E-state index contributed by atoms with van der Waals surface area (Å²) < 4.78 is 33.2. The van der Waals surface area contributed by atoms with Gasteiger partial charge in [-0.1, -0.05) is 11.6 Å². The molecule has 2 heterocycles. The Balaban J connectivity index is 1.74. The molecule has 0 radical (unpaired) electrons. The summed E-state index contributed by atoms with van der Waals surface area (Å²) in [7, 11) is 0. The Morgan fingerprint density at radius 2 is 2.11 bits per heavy atom. The van der Waals surface area contributed by atoms with E-state index >= 15 is 0 Å². The van der Waals surface area contributed by atoms with Gasteiger partial charge in [-0.15, -0.1) is 11.3 Å². The number of carbonyl (C=O) groups excluding carboxylic acids is 1. The summed E-state index contributed by atoms with van der Waals surface area (Å²) in [5.41, 5.74) is 0.362. The molecule has 1 atom stereocenters. The van der Waals surface area contributed by atoms with E-state index in [2.05, 4.69) is 4.98 Å². The van der Waals surface area contributed by atoms with E-state index in [0.717, 1.165) is 17.4 Å². The van der Waals surface area contributed by atoms with Gasteiger partial charge in [0.15, 0.2) is 11.9 Å². The van der Waals surface area contributed by atoms with Crippen molar-refractivity contribution in [1.82, 2.24) is 4.98 Å². The van der Waals surface area contributed by atoms with Crippen molar-refractivity contribution < 1.29 is 28.2 Å². The molecule has 0 saturated carbocycles. The highest BCUT2D eigenvalue weighted by Crippen LogP contribution is 2.38. The van der Waals surface area contributed by atoms with Gasteiger partial charge in [-0.2, -0.15) is 0 Å². The van der Waals surface area contributed by atoms with Crippen LogP contribution in [0.15, 0.2) is 30.3 Å². The number of benzene rings is 2. The zero-order valence-electron chi connectivity index (χ0n) is 14.0. The van der Waals surface area contributed by atoms with Crippen molar-refractivity contribution in [2.75, 3.05) is 4.90 Å². The second kappa shape index (κ2) is 6.99. The van der Waals surface area contributed by atoms with E-state index in [0.29, 0.717) is 26.2 Å². The molecular weight excluding hydrogens is 414 g/mol. The minimum atomic E-state index is -1.21. The fourth-order valence-corrected chi connectivity index (χ4v) is 4.12. The zero-order chi connectivity index (χ0) is 20.0. The number of aromatic nitrogens is 1. The van der Waals surface area contributed by atoms with E-state index in [1.165, 1.54) is 17.0 Å². The molecule has 0 spiro atoms. The maximum absolute atomic E-state index is 13.9. The van der Waals surface area contributed by atoms with Crippen molar-refractivity contribution in [2.24, 2.45) is 0 Å². The fraction of sp³-hybridized carbons (Fsp3) is 0.167. The molecule has 1 aliphatic heterocycles. The smallest absolute Gasteiger partial charge is 0.307 e. The molecule has 1 amide bonds. The molecule has 0 bridgehead atoms. The van der Waals surface area contributed by atoms with Gasteiger partial charge in [-0.25, -0.2) is 13.8 Å². The van der Waals surface area contributed by atoms with Crippen LogP contribution in [0.25, 0.3) is 10.2 Å². The zero-order valence-corrected chi connectivity index (χ0v) is 15.6. The van der Waals surface area contributed by atoms with Crippen molar-refractivity contribution >= 4 is 50.7 Å². The molecule has 6 nitrogen and oxygen atoms in total. The lowest BCUT2D eigenvalue weighted by Gasteiger charge is -2.33. The van der Waals surface area contributed by atoms with Gasteiger partial charge in [0.1, 0.15) is 22.1 Å². The van der Waals surface area contributed by atoms with Crippen LogP contribution in [0.3, 0.4) is 0 Å². The van der Waals surface area contributed by atoms with E-state index in [-0.39, 0.29) is 12.1 Å². The van der Waals surface area contributed by atoms with Crippen LogP contribution in [-0.4, -0.2) is 28.1 Å². The number of hydrogen-bond acceptors (Lipinski definition) is 5. The number of ether oxygens (including phenoxy) is 1. The first-order valence-electron chi connectivity index (χ1n) is 8.05. The minimum Gasteiger partial charge on any atom is -0.481 e. The number of hydrogen-bond donors (Lipinski definition) is 1. The van der Waals surface area contributed by atoms with Gasteiger partial charge < -0.3 is 9.84 Å². The van der Waals surface area contributed by atoms with E-state index in [1.807, 2.05) is 0 Å². The van der Waals surface area contributed by atoms with E-state index in [1.54, 1.807) is 12.1 Å². The number of halogens is 3. The third kappa shape index (κ3) is 3.38. The van der Waals surface area contributed by atoms with E-state index in [9.17, 15) is 18.4 Å². The summed E-state index contributed by atoms with van der Waals surface area (Å²) >= 11 is 7.06. The third-order valence-electron chi connectivity index (χ3n) is 4.13. The number of amides is 1. The standard InChI is InChI=1S/C18H11ClF2N2O4S/c19-8-1-2-12-11(3-8)23(18(26)13(27-12)6-16(24)25)7-15-22-17-10(21)4-9(20)5-14(17)28-15/h1-5,13H,6-7H2,(H,24,25). The molecule has 0 aliphatic carbocycles. The normalized spacial score (nSPS) is 16.2. The quantitative estimate of drug-likeness (QED) is 0.684. The van der Waals surface area contributed by atoms with Crippen molar-refractivity contribution in [3.05, 3.63) is 52.0 Å². The molecule has 28 heavy (non-hydrogen) atoms. The van der Waals surface area contributed by atoms with Crippen LogP contribution in [0.5, 0.6) is 5.75 Å². The maximum Gasteiger partial charge on any atom is 0.307 e. The number of carboxylic acid groups (broad SMARTS) is 1. The average molecular weight is 425 g/mol. The first-order valence-corrected chi connectivity index (χ1v) is 9.25. The molecule has 0 fully saturated rings. The average Bonchev–Trinajstić information content (AvgIpc) is 3.01.